The maximum Gasteiger partial charge on any atom is 0.239 e. The van der Waals surface area contributed by atoms with Crippen molar-refractivity contribution < 1.29 is 4.79 Å². The molecule has 32 heavy (non-hydrogen) atoms. The number of hydrogen-bond acceptors (Lipinski definition) is 6. The Morgan fingerprint density at radius 1 is 1.09 bits per heavy atom. The molecule has 6 nitrogen and oxygen atoms in total. The molecule has 162 valence electrons. The predicted molar refractivity (Wildman–Crippen MR) is 132 cm³/mol. The minimum absolute atomic E-state index is 0.0456. The summed E-state index contributed by atoms with van der Waals surface area (Å²) >= 11 is 2.84. The van der Waals surface area contributed by atoms with Gasteiger partial charge < -0.3 is 4.57 Å². The number of amides is 1. The molecule has 0 unspecified atom stereocenters. The third-order valence-electron chi connectivity index (χ3n) is 4.80. The Bertz CT molecular complexity index is 1190. The van der Waals surface area contributed by atoms with Gasteiger partial charge in [0.15, 0.2) is 16.1 Å². The van der Waals surface area contributed by atoms with Gasteiger partial charge in [-0.1, -0.05) is 78.5 Å². The van der Waals surface area contributed by atoms with E-state index in [-0.39, 0.29) is 11.7 Å². The van der Waals surface area contributed by atoms with Crippen LogP contribution in [0.1, 0.15) is 6.92 Å². The van der Waals surface area contributed by atoms with Gasteiger partial charge in [-0.05, 0) is 6.92 Å². The van der Waals surface area contributed by atoms with Gasteiger partial charge in [0.25, 0.3) is 0 Å². The van der Waals surface area contributed by atoms with Crippen LogP contribution in [0.3, 0.4) is 0 Å². The van der Waals surface area contributed by atoms with Crippen molar-refractivity contribution in [3.05, 3.63) is 78.7 Å². The Morgan fingerprint density at radius 3 is 2.44 bits per heavy atom. The zero-order valence-electron chi connectivity index (χ0n) is 17.7. The summed E-state index contributed by atoms with van der Waals surface area (Å²) in [6, 6.07) is 19.9. The van der Waals surface area contributed by atoms with Crippen LogP contribution in [-0.2, 0) is 11.3 Å². The first kappa shape index (κ1) is 22.0. The minimum Gasteiger partial charge on any atom is -0.302 e. The van der Waals surface area contributed by atoms with Crippen LogP contribution in [0.5, 0.6) is 0 Å². The van der Waals surface area contributed by atoms with Gasteiger partial charge in [-0.3, -0.25) is 9.69 Å². The highest BCUT2D eigenvalue weighted by Gasteiger charge is 2.21. The molecule has 0 bridgehead atoms. The maximum atomic E-state index is 13.1. The van der Waals surface area contributed by atoms with Crippen LogP contribution in [0.25, 0.3) is 22.6 Å². The van der Waals surface area contributed by atoms with E-state index in [2.05, 4.69) is 21.8 Å². The van der Waals surface area contributed by atoms with Gasteiger partial charge in [0.2, 0.25) is 5.91 Å². The standard InChI is InChI=1S/C24H23N5OS2/c1-3-15-29(23-25-20(16-31-23)18-11-7-5-8-12-18)21(30)17-32-24-27-26-22(28(24)4-2)19-13-9-6-10-14-19/h3,5-14,16H,1,4,15,17H2,2H3. The molecule has 2 aromatic heterocycles. The molecule has 2 aromatic carbocycles. The van der Waals surface area contributed by atoms with E-state index >= 15 is 0 Å². The molecule has 0 saturated heterocycles. The fourth-order valence-corrected chi connectivity index (χ4v) is 4.97. The van der Waals surface area contributed by atoms with E-state index < -0.39 is 0 Å². The van der Waals surface area contributed by atoms with Gasteiger partial charge in [0.1, 0.15) is 0 Å². The molecular weight excluding hydrogens is 438 g/mol. The van der Waals surface area contributed by atoms with Crippen LogP contribution >= 0.6 is 23.1 Å². The number of anilines is 1. The highest BCUT2D eigenvalue weighted by Crippen LogP contribution is 2.29. The van der Waals surface area contributed by atoms with Crippen LogP contribution in [0.4, 0.5) is 5.13 Å². The average Bonchev–Trinajstić information content (AvgIpc) is 3.49. The molecule has 4 rings (SSSR count). The molecule has 0 N–H and O–H groups in total. The molecule has 1 amide bonds. The molecule has 0 aliphatic carbocycles. The number of thioether (sulfide) groups is 1. The Labute approximate surface area is 195 Å². The van der Waals surface area contributed by atoms with Crippen LogP contribution in [0.15, 0.2) is 83.9 Å². The van der Waals surface area contributed by atoms with Crippen molar-refractivity contribution in [2.75, 3.05) is 17.2 Å². The Kier molecular flexibility index (Phi) is 7.14. The zero-order chi connectivity index (χ0) is 22.3. The zero-order valence-corrected chi connectivity index (χ0v) is 19.4. The summed E-state index contributed by atoms with van der Waals surface area (Å²) in [5.74, 6) is 0.996. The van der Waals surface area contributed by atoms with Crippen molar-refractivity contribution in [1.29, 1.82) is 0 Å². The van der Waals surface area contributed by atoms with Gasteiger partial charge in [0.05, 0.1) is 11.4 Å². The summed E-state index contributed by atoms with van der Waals surface area (Å²) in [4.78, 5) is 19.5. The molecule has 0 aliphatic heterocycles. The van der Waals surface area contributed by atoms with Crippen molar-refractivity contribution in [3.63, 3.8) is 0 Å². The lowest BCUT2D eigenvalue weighted by molar-refractivity contribution is -0.116. The largest absolute Gasteiger partial charge is 0.302 e. The fraction of sp³-hybridized carbons (Fsp3) is 0.167. The number of carbonyl (C=O) groups is 1. The molecule has 4 aromatic rings. The van der Waals surface area contributed by atoms with Crippen molar-refractivity contribution in [2.45, 2.75) is 18.6 Å². The van der Waals surface area contributed by atoms with Crippen molar-refractivity contribution >= 4 is 34.1 Å². The van der Waals surface area contributed by atoms with Crippen LogP contribution in [-0.4, -0.2) is 38.0 Å². The van der Waals surface area contributed by atoms with E-state index in [1.165, 1.54) is 23.1 Å². The molecule has 0 aliphatic rings. The van der Waals surface area contributed by atoms with E-state index in [1.54, 1.807) is 11.0 Å². The monoisotopic (exact) mass is 461 g/mol. The average molecular weight is 462 g/mol. The summed E-state index contributed by atoms with van der Waals surface area (Å²) in [7, 11) is 0. The van der Waals surface area contributed by atoms with Gasteiger partial charge in [-0.2, -0.15) is 0 Å². The second-order valence-corrected chi connectivity index (χ2v) is 8.66. The maximum absolute atomic E-state index is 13.1. The second kappa shape index (κ2) is 10.4. The first-order valence-corrected chi connectivity index (χ1v) is 12.1. The third kappa shape index (κ3) is 4.81. The quantitative estimate of drug-likeness (QED) is 0.247. The lowest BCUT2D eigenvalue weighted by Gasteiger charge is -2.17. The summed E-state index contributed by atoms with van der Waals surface area (Å²) in [5, 5.41) is 12.0. The number of rotatable bonds is 9. The Morgan fingerprint density at radius 2 is 1.78 bits per heavy atom. The van der Waals surface area contributed by atoms with Gasteiger partial charge in [0, 0.05) is 29.6 Å². The van der Waals surface area contributed by atoms with Crippen molar-refractivity contribution in [3.8, 4) is 22.6 Å². The summed E-state index contributed by atoms with van der Waals surface area (Å²) in [6.45, 7) is 6.97. The summed E-state index contributed by atoms with van der Waals surface area (Å²) < 4.78 is 2.03. The van der Waals surface area contributed by atoms with Crippen LogP contribution in [0.2, 0.25) is 0 Å². The van der Waals surface area contributed by atoms with Gasteiger partial charge in [-0.15, -0.1) is 28.1 Å². The number of benzene rings is 2. The molecule has 8 heteroatoms. The first-order chi connectivity index (χ1) is 15.7. The van der Waals surface area contributed by atoms with Gasteiger partial charge >= 0.3 is 0 Å². The van der Waals surface area contributed by atoms with Crippen molar-refractivity contribution in [1.82, 2.24) is 19.7 Å². The number of hydrogen-bond donors (Lipinski definition) is 0. The first-order valence-electron chi connectivity index (χ1n) is 10.2. The van der Waals surface area contributed by atoms with Crippen LogP contribution < -0.4 is 4.90 Å². The lowest BCUT2D eigenvalue weighted by atomic mass is 10.2. The smallest absolute Gasteiger partial charge is 0.239 e. The van der Waals surface area contributed by atoms with E-state index in [0.717, 1.165) is 34.3 Å². The predicted octanol–water partition coefficient (Wildman–Crippen LogP) is 5.40. The minimum atomic E-state index is -0.0456. The molecule has 0 spiro atoms. The van der Waals surface area contributed by atoms with Crippen molar-refractivity contribution in [2.24, 2.45) is 0 Å². The highest BCUT2D eigenvalue weighted by molar-refractivity contribution is 7.99. The topological polar surface area (TPSA) is 63.9 Å². The number of carbonyl (C=O) groups excluding carboxylic acids is 1. The van der Waals surface area contributed by atoms with E-state index in [4.69, 9.17) is 0 Å². The molecule has 2 heterocycles. The number of thiazole rings is 1. The molecule has 0 radical (unpaired) electrons. The van der Waals surface area contributed by atoms with E-state index in [1.807, 2.05) is 77.5 Å². The summed E-state index contributed by atoms with van der Waals surface area (Å²) in [6.07, 6.45) is 1.72. The second-order valence-electron chi connectivity index (χ2n) is 6.88. The SMILES string of the molecule is C=CCN(C(=O)CSc1nnc(-c2ccccc2)n1CC)c1nc(-c2ccccc2)cs1. The normalized spacial score (nSPS) is 10.8. The number of nitrogens with zero attached hydrogens (tertiary/aromatic N) is 5. The molecule has 0 atom stereocenters. The summed E-state index contributed by atoms with van der Waals surface area (Å²) in [5.41, 5.74) is 2.89. The van der Waals surface area contributed by atoms with E-state index in [0.29, 0.717) is 11.7 Å². The molecular formula is C24H23N5OS2. The Balaban J connectivity index is 1.49. The van der Waals surface area contributed by atoms with Crippen LogP contribution in [0, 0.1) is 0 Å². The van der Waals surface area contributed by atoms with Gasteiger partial charge in [-0.25, -0.2) is 4.98 Å². The molecule has 0 fully saturated rings. The number of aromatic nitrogens is 4. The third-order valence-corrected chi connectivity index (χ3v) is 6.61. The van der Waals surface area contributed by atoms with E-state index in [9.17, 15) is 4.79 Å². The molecule has 0 saturated carbocycles. The highest BCUT2D eigenvalue weighted by atomic mass is 32.2. The Hall–Kier alpha value is -3.23. The lowest BCUT2D eigenvalue weighted by Crippen LogP contribution is -2.32. The fourth-order valence-electron chi connectivity index (χ4n) is 3.23.